The quantitative estimate of drug-likeness (QED) is 0.330. The van der Waals surface area contributed by atoms with E-state index >= 15 is 0 Å². The Labute approximate surface area is 73.8 Å². The molecule has 0 aliphatic carbocycles. The summed E-state index contributed by atoms with van der Waals surface area (Å²) in [6.07, 6.45) is 1.88. The molecule has 0 rings (SSSR count). The van der Waals surface area contributed by atoms with Crippen molar-refractivity contribution < 1.29 is 24.9 Å². The highest BCUT2D eigenvalue weighted by Crippen LogP contribution is 1.86. The monoisotopic (exact) mass is 182 g/mol. The molecular weight excluding hydrogens is 163 g/mol. The lowest BCUT2D eigenvalue weighted by molar-refractivity contribution is 0.183. The van der Waals surface area contributed by atoms with E-state index in [1.165, 1.54) is 0 Å². The third-order valence-electron chi connectivity index (χ3n) is 0.765. The molecule has 0 atom stereocenters. The maximum absolute atomic E-state index is 8.11. The number of hydrogen-bond acceptors (Lipinski definition) is 5. The Bertz CT molecular complexity index is 53.2. The molecule has 0 bridgehead atoms. The SMILES string of the molecule is CCCCOB(O)O.CO.CO. The first-order valence-corrected chi connectivity index (χ1v) is 3.64. The summed E-state index contributed by atoms with van der Waals surface area (Å²) in [5.41, 5.74) is 0. The Morgan fingerprint density at radius 3 is 1.75 bits per heavy atom. The molecule has 5 nitrogen and oxygen atoms in total. The van der Waals surface area contributed by atoms with Crippen LogP contribution in [0.4, 0.5) is 0 Å². The third-order valence-corrected chi connectivity index (χ3v) is 0.765. The van der Waals surface area contributed by atoms with Gasteiger partial charge in [-0.25, -0.2) is 0 Å². The smallest absolute Gasteiger partial charge is 0.402 e. The van der Waals surface area contributed by atoms with E-state index in [0.717, 1.165) is 27.1 Å². The predicted molar refractivity (Wildman–Crippen MR) is 47.3 cm³/mol. The lowest BCUT2D eigenvalue weighted by Gasteiger charge is -1.97. The Balaban J connectivity index is -0.000000175. The predicted octanol–water partition coefficient (Wildman–Crippen LogP) is -1.01. The summed E-state index contributed by atoms with van der Waals surface area (Å²) in [6, 6.07) is 0. The number of aliphatic hydroxyl groups excluding tert-OH is 2. The van der Waals surface area contributed by atoms with Gasteiger partial charge in [-0.2, -0.15) is 0 Å². The van der Waals surface area contributed by atoms with E-state index in [4.69, 9.17) is 20.3 Å². The van der Waals surface area contributed by atoms with Gasteiger partial charge in [-0.3, -0.25) is 0 Å². The molecule has 0 aromatic heterocycles. The van der Waals surface area contributed by atoms with Crippen molar-refractivity contribution in [3.8, 4) is 0 Å². The van der Waals surface area contributed by atoms with Crippen LogP contribution in [-0.2, 0) is 4.65 Å². The van der Waals surface area contributed by atoms with Crippen molar-refractivity contribution in [2.45, 2.75) is 19.8 Å². The van der Waals surface area contributed by atoms with Gasteiger partial charge in [-0.05, 0) is 6.42 Å². The van der Waals surface area contributed by atoms with E-state index < -0.39 is 7.32 Å². The van der Waals surface area contributed by atoms with Gasteiger partial charge in [-0.15, -0.1) is 0 Å². The number of hydrogen-bond donors (Lipinski definition) is 4. The van der Waals surface area contributed by atoms with E-state index in [-0.39, 0.29) is 0 Å². The summed E-state index contributed by atoms with van der Waals surface area (Å²) in [5.74, 6) is 0. The van der Waals surface area contributed by atoms with Crippen molar-refractivity contribution in [2.24, 2.45) is 0 Å². The highest BCUT2D eigenvalue weighted by molar-refractivity contribution is 6.32. The minimum absolute atomic E-state index is 0.425. The Morgan fingerprint density at radius 1 is 1.08 bits per heavy atom. The fourth-order valence-corrected chi connectivity index (χ4v) is 0.333. The summed E-state index contributed by atoms with van der Waals surface area (Å²) in [4.78, 5) is 0. The Morgan fingerprint density at radius 2 is 1.50 bits per heavy atom. The van der Waals surface area contributed by atoms with Crippen molar-refractivity contribution in [2.75, 3.05) is 20.8 Å². The average molecular weight is 182 g/mol. The Kier molecular flexibility index (Phi) is 33.3. The van der Waals surface area contributed by atoms with E-state index in [1.807, 2.05) is 6.92 Å². The summed E-state index contributed by atoms with van der Waals surface area (Å²) < 4.78 is 4.39. The van der Waals surface area contributed by atoms with Gasteiger partial charge in [0, 0.05) is 20.8 Å². The molecule has 0 spiro atoms. The number of unbranched alkanes of at least 4 members (excludes halogenated alkanes) is 1. The molecule has 0 amide bonds. The van der Waals surface area contributed by atoms with Crippen molar-refractivity contribution >= 4 is 7.32 Å². The standard InChI is InChI=1S/C4H11BO3.2CH4O/c1-2-3-4-8-5(6)7;2*1-2/h6-7H,2-4H2,1H3;2*2H,1H3. The number of aliphatic hydroxyl groups is 2. The molecule has 76 valence electrons. The molecule has 0 aliphatic heterocycles. The first-order valence-electron chi connectivity index (χ1n) is 3.64. The van der Waals surface area contributed by atoms with E-state index in [2.05, 4.69) is 4.65 Å². The van der Waals surface area contributed by atoms with Crippen LogP contribution in [0.15, 0.2) is 0 Å². The minimum Gasteiger partial charge on any atom is -0.402 e. The molecule has 0 aromatic rings. The van der Waals surface area contributed by atoms with Gasteiger partial charge in [-0.1, -0.05) is 13.3 Å². The molecule has 0 aromatic carbocycles. The van der Waals surface area contributed by atoms with Crippen LogP contribution < -0.4 is 0 Å². The van der Waals surface area contributed by atoms with Crippen LogP contribution in [0.3, 0.4) is 0 Å². The molecule has 0 saturated heterocycles. The zero-order chi connectivity index (χ0) is 10.4. The first-order chi connectivity index (χ1) is 5.77. The van der Waals surface area contributed by atoms with E-state index in [0.29, 0.717) is 6.61 Å². The van der Waals surface area contributed by atoms with Gasteiger partial charge in [0.2, 0.25) is 0 Å². The lowest BCUT2D eigenvalue weighted by Crippen LogP contribution is -2.17. The molecule has 4 N–H and O–H groups in total. The lowest BCUT2D eigenvalue weighted by atomic mass is 10.2. The molecule has 0 saturated carbocycles. The summed E-state index contributed by atoms with van der Waals surface area (Å²) in [6.45, 7) is 2.43. The van der Waals surface area contributed by atoms with Crippen LogP contribution >= 0.6 is 0 Å². The first kappa shape index (κ1) is 17.8. The topological polar surface area (TPSA) is 90.2 Å². The van der Waals surface area contributed by atoms with Crippen LogP contribution in [-0.4, -0.2) is 48.4 Å². The van der Waals surface area contributed by atoms with Crippen LogP contribution in [0, 0.1) is 0 Å². The fraction of sp³-hybridized carbons (Fsp3) is 1.00. The average Bonchev–Trinajstić information content (AvgIpc) is 2.12. The Hall–Kier alpha value is -0.135. The molecule has 6 heteroatoms. The van der Waals surface area contributed by atoms with Crippen LogP contribution in [0.2, 0.25) is 0 Å². The molecule has 12 heavy (non-hydrogen) atoms. The van der Waals surface area contributed by atoms with Gasteiger partial charge < -0.3 is 24.9 Å². The zero-order valence-corrected chi connectivity index (χ0v) is 7.90. The maximum atomic E-state index is 8.11. The molecular formula is C6H19BO5. The maximum Gasteiger partial charge on any atom is 0.633 e. The van der Waals surface area contributed by atoms with Gasteiger partial charge in [0.15, 0.2) is 0 Å². The normalized spacial score (nSPS) is 7.25. The highest BCUT2D eigenvalue weighted by atomic mass is 16.6. The molecule has 0 heterocycles. The largest absolute Gasteiger partial charge is 0.633 e. The number of rotatable bonds is 4. The zero-order valence-electron chi connectivity index (χ0n) is 7.90. The molecule has 0 unspecified atom stereocenters. The van der Waals surface area contributed by atoms with Crippen LogP contribution in [0.5, 0.6) is 0 Å². The van der Waals surface area contributed by atoms with Gasteiger partial charge >= 0.3 is 7.32 Å². The second kappa shape index (κ2) is 22.4. The van der Waals surface area contributed by atoms with Crippen LogP contribution in [0.1, 0.15) is 19.8 Å². The second-order valence-electron chi connectivity index (χ2n) is 1.55. The minimum atomic E-state index is -1.60. The highest BCUT2D eigenvalue weighted by Gasteiger charge is 2.05. The molecule has 0 aliphatic rings. The van der Waals surface area contributed by atoms with Gasteiger partial charge in [0.1, 0.15) is 0 Å². The van der Waals surface area contributed by atoms with Crippen molar-refractivity contribution in [3.63, 3.8) is 0 Å². The second-order valence-corrected chi connectivity index (χ2v) is 1.55. The summed E-state index contributed by atoms with van der Waals surface area (Å²) in [5, 5.41) is 30.2. The van der Waals surface area contributed by atoms with Crippen LogP contribution in [0.25, 0.3) is 0 Å². The van der Waals surface area contributed by atoms with Crippen molar-refractivity contribution in [1.82, 2.24) is 0 Å². The van der Waals surface area contributed by atoms with E-state index in [1.54, 1.807) is 0 Å². The van der Waals surface area contributed by atoms with Crippen molar-refractivity contribution in [1.29, 1.82) is 0 Å². The fourth-order valence-electron chi connectivity index (χ4n) is 0.333. The van der Waals surface area contributed by atoms with E-state index in [9.17, 15) is 0 Å². The molecule has 0 fully saturated rings. The van der Waals surface area contributed by atoms with Crippen molar-refractivity contribution in [3.05, 3.63) is 0 Å². The van der Waals surface area contributed by atoms with Gasteiger partial charge in [0.25, 0.3) is 0 Å². The third kappa shape index (κ3) is 32.8. The van der Waals surface area contributed by atoms with Gasteiger partial charge in [0.05, 0.1) is 0 Å². The molecule has 0 radical (unpaired) electrons. The summed E-state index contributed by atoms with van der Waals surface area (Å²) in [7, 11) is 0.404. The summed E-state index contributed by atoms with van der Waals surface area (Å²) >= 11 is 0.